The molecule has 2 rings (SSSR count). The fourth-order valence-electron chi connectivity index (χ4n) is 4.61. The molecule has 35 heavy (non-hydrogen) atoms. The van der Waals surface area contributed by atoms with Crippen LogP contribution in [0.1, 0.15) is 70.1 Å². The highest BCUT2D eigenvalue weighted by Gasteiger charge is 2.26. The van der Waals surface area contributed by atoms with Crippen molar-refractivity contribution in [1.29, 1.82) is 0 Å². The molecule has 0 aliphatic rings. The minimum absolute atomic E-state index is 0.0459. The molecule has 1 N–H and O–H groups in total. The number of hydrogen-bond acceptors (Lipinski definition) is 4. The van der Waals surface area contributed by atoms with Crippen LogP contribution in [0.2, 0.25) is 5.02 Å². The van der Waals surface area contributed by atoms with Crippen molar-refractivity contribution in [2.45, 2.75) is 79.4 Å². The fraction of sp³-hybridized carbons (Fsp3) is 0.500. The van der Waals surface area contributed by atoms with Gasteiger partial charge in [0.25, 0.3) is 0 Å². The van der Waals surface area contributed by atoms with Gasteiger partial charge in [0.05, 0.1) is 19.3 Å². The highest BCUT2D eigenvalue weighted by molar-refractivity contribution is 6.30. The average Bonchev–Trinajstić information content (AvgIpc) is 2.80. The molecule has 2 aromatic rings. The van der Waals surface area contributed by atoms with Crippen LogP contribution in [0, 0.1) is 25.7 Å². The summed E-state index contributed by atoms with van der Waals surface area (Å²) in [6.07, 6.45) is 3.30. The highest BCUT2D eigenvalue weighted by Crippen LogP contribution is 2.30. The molecule has 3 atom stereocenters. The molecule has 3 unspecified atom stereocenters. The molecule has 4 nitrogen and oxygen atoms in total. The Hall–Kier alpha value is -2.46. The minimum Gasteiger partial charge on any atom is -0.496 e. The van der Waals surface area contributed by atoms with Crippen molar-refractivity contribution in [3.8, 4) is 5.75 Å². The number of methoxy groups -OCH3 is 1. The summed E-state index contributed by atoms with van der Waals surface area (Å²) in [5.41, 5.74) is 4.09. The van der Waals surface area contributed by atoms with Crippen molar-refractivity contribution >= 4 is 28.8 Å². The molecule has 0 saturated heterocycles. The van der Waals surface area contributed by atoms with Gasteiger partial charge in [0.15, 0.2) is 5.78 Å². The molecule has 0 aliphatic carbocycles. The fourth-order valence-corrected chi connectivity index (χ4v) is 4.74. The van der Waals surface area contributed by atoms with Gasteiger partial charge in [-0.15, -0.1) is 0 Å². The second kappa shape index (κ2) is 13.6. The molecule has 5 heteroatoms. The second-order valence-corrected chi connectivity index (χ2v) is 10.3. The number of benzene rings is 2. The standard InChI is InChI=1S/C30H42ClNO3/c1-9-10-24(18-28(33)30(19(2)3)32-26-13-11-25(31)12-14-26)17-20(4)35-23(7)27-15-16-29(34-8)22(6)21(27)5/h11-16,19-20,24,30,32H,7,9-10,17-18H2,1-6,8H3. The zero-order valence-corrected chi connectivity index (χ0v) is 23.2. The Balaban J connectivity index is 2.04. The number of anilines is 1. The summed E-state index contributed by atoms with van der Waals surface area (Å²) < 4.78 is 11.7. The van der Waals surface area contributed by atoms with E-state index in [1.807, 2.05) is 43.3 Å². The van der Waals surface area contributed by atoms with Gasteiger partial charge >= 0.3 is 0 Å². The van der Waals surface area contributed by atoms with Gasteiger partial charge in [0.2, 0.25) is 0 Å². The van der Waals surface area contributed by atoms with Crippen LogP contribution in [0.3, 0.4) is 0 Å². The summed E-state index contributed by atoms with van der Waals surface area (Å²) >= 11 is 6.01. The van der Waals surface area contributed by atoms with E-state index in [-0.39, 0.29) is 29.8 Å². The van der Waals surface area contributed by atoms with Gasteiger partial charge in [-0.25, -0.2) is 0 Å². The summed E-state index contributed by atoms with van der Waals surface area (Å²) in [6.45, 7) is 16.7. The van der Waals surface area contributed by atoms with E-state index >= 15 is 0 Å². The number of hydrogen-bond donors (Lipinski definition) is 1. The van der Waals surface area contributed by atoms with Crippen molar-refractivity contribution in [2.24, 2.45) is 11.8 Å². The summed E-state index contributed by atoms with van der Waals surface area (Å²) in [4.78, 5) is 13.4. The van der Waals surface area contributed by atoms with Gasteiger partial charge in [-0.05, 0) is 86.6 Å². The smallest absolute Gasteiger partial charge is 0.155 e. The van der Waals surface area contributed by atoms with Crippen LogP contribution in [0.25, 0.3) is 5.76 Å². The third-order valence-electron chi connectivity index (χ3n) is 6.63. The summed E-state index contributed by atoms with van der Waals surface area (Å²) in [5.74, 6) is 2.19. The molecular formula is C30H42ClNO3. The maximum Gasteiger partial charge on any atom is 0.155 e. The number of Topliss-reactive ketones (excluding diaryl/α,β-unsaturated/α-hetero) is 1. The molecule has 0 aromatic heterocycles. The van der Waals surface area contributed by atoms with E-state index in [2.05, 4.69) is 46.5 Å². The molecular weight excluding hydrogens is 458 g/mol. The van der Waals surface area contributed by atoms with Crippen molar-refractivity contribution in [1.82, 2.24) is 0 Å². The molecule has 0 spiro atoms. The molecule has 0 aliphatic heterocycles. The minimum atomic E-state index is -0.244. The third kappa shape index (κ3) is 8.31. The zero-order chi connectivity index (χ0) is 26.1. The first-order valence-electron chi connectivity index (χ1n) is 12.6. The van der Waals surface area contributed by atoms with Crippen LogP contribution < -0.4 is 10.1 Å². The molecule has 0 amide bonds. The van der Waals surface area contributed by atoms with Crippen LogP contribution in [0.5, 0.6) is 5.75 Å². The monoisotopic (exact) mass is 499 g/mol. The SMILES string of the molecule is C=C(OC(C)CC(CCC)CC(=O)C(Nc1ccc(Cl)cc1)C(C)C)c1ccc(OC)c(C)c1C. The lowest BCUT2D eigenvalue weighted by Crippen LogP contribution is -2.36. The molecule has 0 bridgehead atoms. The first-order chi connectivity index (χ1) is 16.6. The Bertz CT molecular complexity index is 984. The van der Waals surface area contributed by atoms with Gasteiger partial charge in [-0.1, -0.05) is 51.8 Å². The largest absolute Gasteiger partial charge is 0.496 e. The van der Waals surface area contributed by atoms with Gasteiger partial charge in [0.1, 0.15) is 11.5 Å². The normalized spacial score (nSPS) is 13.7. The number of ketones is 1. The van der Waals surface area contributed by atoms with Gasteiger partial charge < -0.3 is 14.8 Å². The Morgan fingerprint density at radius 1 is 1.06 bits per heavy atom. The highest BCUT2D eigenvalue weighted by atomic mass is 35.5. The Kier molecular flexibility index (Phi) is 11.2. The molecule has 2 aromatic carbocycles. The molecule has 0 radical (unpaired) electrons. The predicted octanol–water partition coefficient (Wildman–Crippen LogP) is 8.24. The van der Waals surface area contributed by atoms with E-state index in [4.69, 9.17) is 21.1 Å². The quantitative estimate of drug-likeness (QED) is 0.266. The maximum absolute atomic E-state index is 13.4. The number of carbonyl (C=O) groups excluding carboxylic acids is 1. The number of nitrogens with one attached hydrogen (secondary N) is 1. The number of ether oxygens (including phenoxy) is 2. The van der Waals surface area contributed by atoms with Crippen LogP contribution in [0.15, 0.2) is 43.0 Å². The van der Waals surface area contributed by atoms with E-state index in [1.54, 1.807) is 7.11 Å². The van der Waals surface area contributed by atoms with E-state index in [1.165, 1.54) is 0 Å². The topological polar surface area (TPSA) is 47.6 Å². The average molecular weight is 500 g/mol. The Morgan fingerprint density at radius 3 is 2.29 bits per heavy atom. The van der Waals surface area contributed by atoms with Gasteiger partial charge in [-0.2, -0.15) is 0 Å². The first kappa shape index (κ1) is 28.8. The maximum atomic E-state index is 13.4. The lowest BCUT2D eigenvalue weighted by atomic mass is 9.87. The van der Waals surface area contributed by atoms with Crippen molar-refractivity contribution in [3.05, 3.63) is 64.7 Å². The van der Waals surface area contributed by atoms with Crippen LogP contribution in [0.4, 0.5) is 5.69 Å². The molecule has 0 fully saturated rings. The molecule has 0 heterocycles. The van der Waals surface area contributed by atoms with Crippen molar-refractivity contribution in [3.63, 3.8) is 0 Å². The van der Waals surface area contributed by atoms with Gasteiger partial charge in [0, 0.05) is 22.7 Å². The van der Waals surface area contributed by atoms with Crippen molar-refractivity contribution in [2.75, 3.05) is 12.4 Å². The zero-order valence-electron chi connectivity index (χ0n) is 22.4. The molecule has 192 valence electrons. The molecule has 0 saturated carbocycles. The first-order valence-corrected chi connectivity index (χ1v) is 13.0. The number of rotatable bonds is 14. The number of halogens is 1. The van der Waals surface area contributed by atoms with E-state index in [0.29, 0.717) is 17.2 Å². The van der Waals surface area contributed by atoms with Crippen LogP contribution in [-0.2, 0) is 9.53 Å². The summed E-state index contributed by atoms with van der Waals surface area (Å²) in [6, 6.07) is 11.2. The lowest BCUT2D eigenvalue weighted by Gasteiger charge is -2.27. The lowest BCUT2D eigenvalue weighted by molar-refractivity contribution is -0.121. The van der Waals surface area contributed by atoms with Crippen LogP contribution in [-0.4, -0.2) is 25.0 Å². The summed E-state index contributed by atoms with van der Waals surface area (Å²) in [7, 11) is 1.68. The van der Waals surface area contributed by atoms with E-state index in [0.717, 1.165) is 47.4 Å². The van der Waals surface area contributed by atoms with Crippen LogP contribution >= 0.6 is 11.6 Å². The van der Waals surface area contributed by atoms with E-state index < -0.39 is 0 Å². The summed E-state index contributed by atoms with van der Waals surface area (Å²) in [5, 5.41) is 4.10. The third-order valence-corrected chi connectivity index (χ3v) is 6.89. The van der Waals surface area contributed by atoms with Gasteiger partial charge in [-0.3, -0.25) is 4.79 Å². The van der Waals surface area contributed by atoms with Crippen molar-refractivity contribution < 1.29 is 14.3 Å². The van der Waals surface area contributed by atoms with E-state index in [9.17, 15) is 4.79 Å². The Labute approximate surface area is 217 Å². The number of carbonyl (C=O) groups is 1. The second-order valence-electron chi connectivity index (χ2n) is 9.85. The Morgan fingerprint density at radius 2 is 1.71 bits per heavy atom. The predicted molar refractivity (Wildman–Crippen MR) is 148 cm³/mol.